The van der Waals surface area contributed by atoms with Crippen molar-refractivity contribution in [2.45, 2.75) is 6.04 Å². The number of likely N-dealkylation sites (tertiary alicyclic amines) is 1. The smallest absolute Gasteiger partial charge is 0.314 e. The number of carbonyl (C=O) groups is 2. The molecule has 2 heterocycles. The predicted molar refractivity (Wildman–Crippen MR) is 69.0 cm³/mol. The van der Waals surface area contributed by atoms with E-state index in [-0.39, 0.29) is 23.5 Å². The molecule has 3 amide bonds. The van der Waals surface area contributed by atoms with Crippen molar-refractivity contribution in [3.05, 3.63) is 34.2 Å². The van der Waals surface area contributed by atoms with Crippen molar-refractivity contribution >= 4 is 11.9 Å². The van der Waals surface area contributed by atoms with Gasteiger partial charge < -0.3 is 20.1 Å². The van der Waals surface area contributed by atoms with Crippen LogP contribution >= 0.6 is 0 Å². The Morgan fingerprint density at radius 3 is 2.63 bits per heavy atom. The van der Waals surface area contributed by atoms with Crippen LogP contribution in [0.15, 0.2) is 23.1 Å². The minimum Gasteiger partial charge on any atom is -0.341 e. The summed E-state index contributed by atoms with van der Waals surface area (Å²) in [6.45, 7) is 0.920. The van der Waals surface area contributed by atoms with Gasteiger partial charge in [0.05, 0.1) is 6.04 Å². The van der Waals surface area contributed by atoms with Gasteiger partial charge in [0.15, 0.2) is 0 Å². The highest BCUT2D eigenvalue weighted by Crippen LogP contribution is 2.12. The molecule has 1 fully saturated rings. The Bertz CT molecular complexity index is 560. The monoisotopic (exact) mass is 264 g/mol. The Morgan fingerprint density at radius 2 is 2.05 bits per heavy atom. The lowest BCUT2D eigenvalue weighted by Crippen LogP contribution is -2.62. The van der Waals surface area contributed by atoms with E-state index < -0.39 is 0 Å². The van der Waals surface area contributed by atoms with E-state index in [4.69, 9.17) is 0 Å². The van der Waals surface area contributed by atoms with Gasteiger partial charge in [-0.15, -0.1) is 0 Å². The molecule has 2 N–H and O–H groups in total. The highest BCUT2D eigenvalue weighted by Gasteiger charge is 2.32. The van der Waals surface area contributed by atoms with Crippen LogP contribution in [-0.2, 0) is 7.05 Å². The summed E-state index contributed by atoms with van der Waals surface area (Å²) in [4.78, 5) is 36.2. The molecule has 0 unspecified atom stereocenters. The lowest BCUT2D eigenvalue weighted by molar-refractivity contribution is 0.0577. The molecule has 1 aliphatic heterocycles. The van der Waals surface area contributed by atoms with Crippen LogP contribution in [0, 0.1) is 0 Å². The van der Waals surface area contributed by atoms with E-state index in [0.717, 1.165) is 0 Å². The van der Waals surface area contributed by atoms with Crippen molar-refractivity contribution in [3.63, 3.8) is 0 Å². The van der Waals surface area contributed by atoms with Crippen molar-refractivity contribution in [1.82, 2.24) is 20.1 Å². The number of nitrogens with one attached hydrogen (secondary N) is 2. The average Bonchev–Trinajstić information content (AvgIpc) is 2.35. The first-order valence-corrected chi connectivity index (χ1v) is 5.95. The summed E-state index contributed by atoms with van der Waals surface area (Å²) in [5, 5.41) is 5.17. The molecule has 7 heteroatoms. The van der Waals surface area contributed by atoms with Crippen LogP contribution in [0.3, 0.4) is 0 Å². The van der Waals surface area contributed by atoms with Gasteiger partial charge in [-0.25, -0.2) is 4.79 Å². The number of nitrogens with zero attached hydrogens (tertiary/aromatic N) is 2. The summed E-state index contributed by atoms with van der Waals surface area (Å²) >= 11 is 0. The van der Waals surface area contributed by atoms with Gasteiger partial charge in [-0.3, -0.25) is 9.59 Å². The lowest BCUT2D eigenvalue weighted by atomic mass is 10.1. The predicted octanol–water partition coefficient (Wildman–Crippen LogP) is -0.861. The second kappa shape index (κ2) is 5.13. The quantitative estimate of drug-likeness (QED) is 0.729. The maximum absolute atomic E-state index is 12.0. The van der Waals surface area contributed by atoms with Gasteiger partial charge in [-0.05, 0) is 6.07 Å². The number of hydrogen-bond acceptors (Lipinski definition) is 3. The summed E-state index contributed by atoms with van der Waals surface area (Å²) < 4.78 is 1.41. The molecule has 1 aromatic heterocycles. The first-order valence-electron chi connectivity index (χ1n) is 5.95. The number of hydrogen-bond donors (Lipinski definition) is 2. The normalized spacial score (nSPS) is 14.7. The summed E-state index contributed by atoms with van der Waals surface area (Å²) in [7, 11) is 3.17. The molecule has 1 saturated heterocycles. The zero-order valence-corrected chi connectivity index (χ0v) is 10.8. The Hall–Kier alpha value is -2.31. The molecule has 102 valence electrons. The highest BCUT2D eigenvalue weighted by molar-refractivity contribution is 5.94. The molecular weight excluding hydrogens is 248 g/mol. The molecular formula is C12H16N4O3. The van der Waals surface area contributed by atoms with Gasteiger partial charge in [-0.1, -0.05) is 0 Å². The number of aromatic nitrogens is 1. The molecule has 0 aliphatic carbocycles. The largest absolute Gasteiger partial charge is 0.341 e. The van der Waals surface area contributed by atoms with E-state index in [1.54, 1.807) is 24.2 Å². The molecule has 0 atom stereocenters. The maximum Gasteiger partial charge on any atom is 0.314 e. The van der Waals surface area contributed by atoms with E-state index in [1.165, 1.54) is 17.7 Å². The number of pyridine rings is 1. The van der Waals surface area contributed by atoms with Crippen LogP contribution in [-0.4, -0.2) is 47.6 Å². The topological polar surface area (TPSA) is 83.4 Å². The number of amides is 3. The van der Waals surface area contributed by atoms with Crippen LogP contribution in [0.5, 0.6) is 0 Å². The van der Waals surface area contributed by atoms with E-state index in [0.29, 0.717) is 18.7 Å². The lowest BCUT2D eigenvalue weighted by Gasteiger charge is -2.39. The molecule has 0 spiro atoms. The van der Waals surface area contributed by atoms with Crippen LogP contribution in [0.2, 0.25) is 0 Å². The van der Waals surface area contributed by atoms with E-state index in [9.17, 15) is 14.4 Å². The molecule has 0 bridgehead atoms. The Balaban J connectivity index is 1.94. The minimum atomic E-state index is -0.259. The third kappa shape index (κ3) is 2.75. The fourth-order valence-electron chi connectivity index (χ4n) is 1.86. The molecule has 1 aromatic rings. The summed E-state index contributed by atoms with van der Waals surface area (Å²) in [5.74, 6) is -0.187. The summed E-state index contributed by atoms with van der Waals surface area (Å²) in [6, 6.07) is 2.64. The summed E-state index contributed by atoms with van der Waals surface area (Å²) in [6.07, 6.45) is 1.57. The Kier molecular flexibility index (Phi) is 3.55. The maximum atomic E-state index is 12.0. The van der Waals surface area contributed by atoms with E-state index in [2.05, 4.69) is 10.6 Å². The number of rotatable bonds is 2. The van der Waals surface area contributed by atoms with E-state index >= 15 is 0 Å². The van der Waals surface area contributed by atoms with Gasteiger partial charge in [0, 0.05) is 45.0 Å². The SMILES string of the molecule is CNC(=O)NC1CN(C(=O)c2ccn(C)c(=O)c2)C1. The number of urea groups is 1. The van der Waals surface area contributed by atoms with Crippen LogP contribution in [0.4, 0.5) is 4.79 Å². The zero-order valence-electron chi connectivity index (χ0n) is 10.8. The van der Waals surface area contributed by atoms with Gasteiger partial charge in [0.1, 0.15) is 0 Å². The Labute approximate surface area is 110 Å². The van der Waals surface area contributed by atoms with Crippen LogP contribution in [0.1, 0.15) is 10.4 Å². The fraction of sp³-hybridized carbons (Fsp3) is 0.417. The second-order valence-corrected chi connectivity index (χ2v) is 4.50. The van der Waals surface area contributed by atoms with Crippen molar-refractivity contribution in [2.75, 3.05) is 20.1 Å². The van der Waals surface area contributed by atoms with Crippen molar-refractivity contribution in [1.29, 1.82) is 0 Å². The third-order valence-corrected chi connectivity index (χ3v) is 3.08. The van der Waals surface area contributed by atoms with Crippen molar-refractivity contribution < 1.29 is 9.59 Å². The summed E-state index contributed by atoms with van der Waals surface area (Å²) in [5.41, 5.74) is 0.160. The molecule has 7 nitrogen and oxygen atoms in total. The van der Waals surface area contributed by atoms with Gasteiger partial charge in [0.2, 0.25) is 0 Å². The van der Waals surface area contributed by atoms with Crippen LogP contribution < -0.4 is 16.2 Å². The van der Waals surface area contributed by atoms with Gasteiger partial charge in [0.25, 0.3) is 11.5 Å². The third-order valence-electron chi connectivity index (χ3n) is 3.08. The standard InChI is InChI=1S/C12H16N4O3/c1-13-12(19)14-9-6-16(7-9)11(18)8-3-4-15(2)10(17)5-8/h3-5,9H,6-7H2,1-2H3,(H2,13,14,19). The molecule has 0 radical (unpaired) electrons. The first kappa shape index (κ1) is 13.1. The molecule has 1 aliphatic rings. The van der Waals surface area contributed by atoms with Gasteiger partial charge >= 0.3 is 6.03 Å². The molecule has 0 saturated carbocycles. The van der Waals surface area contributed by atoms with E-state index in [1.807, 2.05) is 0 Å². The Morgan fingerprint density at radius 1 is 1.37 bits per heavy atom. The fourth-order valence-corrected chi connectivity index (χ4v) is 1.86. The zero-order chi connectivity index (χ0) is 14.0. The van der Waals surface area contributed by atoms with Gasteiger partial charge in [-0.2, -0.15) is 0 Å². The highest BCUT2D eigenvalue weighted by atomic mass is 16.2. The van der Waals surface area contributed by atoms with Crippen LogP contribution in [0.25, 0.3) is 0 Å². The average molecular weight is 264 g/mol. The molecule has 19 heavy (non-hydrogen) atoms. The second-order valence-electron chi connectivity index (χ2n) is 4.50. The number of aryl methyl sites for hydroxylation is 1. The minimum absolute atomic E-state index is 0.0320. The van der Waals surface area contributed by atoms with Crippen molar-refractivity contribution in [3.8, 4) is 0 Å². The van der Waals surface area contributed by atoms with Crippen molar-refractivity contribution in [2.24, 2.45) is 7.05 Å². The first-order chi connectivity index (χ1) is 9.01. The number of carbonyl (C=O) groups excluding carboxylic acids is 2. The molecule has 0 aromatic carbocycles. The molecule has 2 rings (SSSR count).